The molecule has 0 aliphatic rings. The number of pyridine rings is 1. The molecule has 2 aromatic heterocycles. The number of esters is 1. The molecule has 9 heteroatoms. The summed E-state index contributed by atoms with van der Waals surface area (Å²) in [6.45, 7) is 3.87. The van der Waals surface area contributed by atoms with E-state index in [1.165, 1.54) is 18.9 Å². The third-order valence-corrected chi connectivity index (χ3v) is 6.16. The second-order valence-corrected chi connectivity index (χ2v) is 8.62. The lowest BCUT2D eigenvalue weighted by molar-refractivity contribution is -0.140. The van der Waals surface area contributed by atoms with Gasteiger partial charge in [0.2, 0.25) is 0 Å². The molecule has 0 radical (unpaired) electrons. The summed E-state index contributed by atoms with van der Waals surface area (Å²) in [4.78, 5) is 28.7. The van der Waals surface area contributed by atoms with E-state index in [-0.39, 0.29) is 17.9 Å². The van der Waals surface area contributed by atoms with Crippen molar-refractivity contribution >= 4 is 35.2 Å². The number of carbonyl (C=O) groups is 2. The molecule has 1 aromatic carbocycles. The van der Waals surface area contributed by atoms with E-state index in [4.69, 9.17) is 11.6 Å². The lowest BCUT2D eigenvalue weighted by Gasteiger charge is -2.18. The highest BCUT2D eigenvalue weighted by Crippen LogP contribution is 2.24. The summed E-state index contributed by atoms with van der Waals surface area (Å²) in [6.07, 6.45) is 4.32. The molecule has 32 heavy (non-hydrogen) atoms. The Kier molecular flexibility index (Phi) is 8.30. The monoisotopic (exact) mass is 472 g/mol. The van der Waals surface area contributed by atoms with Crippen LogP contribution in [0.15, 0.2) is 53.8 Å². The van der Waals surface area contributed by atoms with Crippen LogP contribution in [-0.2, 0) is 9.53 Å². The molecule has 0 spiro atoms. The Labute approximate surface area is 196 Å². The second kappa shape index (κ2) is 11.2. The molecule has 1 N–H and O–H groups in total. The average molecular weight is 473 g/mol. The van der Waals surface area contributed by atoms with Crippen molar-refractivity contribution in [1.29, 1.82) is 0 Å². The van der Waals surface area contributed by atoms with Crippen molar-refractivity contribution in [3.63, 3.8) is 0 Å². The summed E-state index contributed by atoms with van der Waals surface area (Å²) in [5, 5.41) is 8.91. The standard InChI is InChI=1S/C23H25ClN4O3S/c1-4-20(16-9-11-25-21(13-16)32-12-10-22(29)31-3)27-23(30)19-14-26-28(15(19)2)18-7-5-17(24)6-8-18/h5-9,11,13-14,20H,4,10,12H2,1-3H3,(H,27,30). The predicted molar refractivity (Wildman–Crippen MR) is 125 cm³/mol. The molecule has 0 aliphatic heterocycles. The van der Waals surface area contributed by atoms with Gasteiger partial charge in [-0.1, -0.05) is 18.5 Å². The van der Waals surface area contributed by atoms with Gasteiger partial charge in [-0.3, -0.25) is 9.59 Å². The summed E-state index contributed by atoms with van der Waals surface area (Å²) >= 11 is 7.44. The average Bonchev–Trinajstić information content (AvgIpc) is 3.19. The number of nitrogens with zero attached hydrogens (tertiary/aromatic N) is 3. The van der Waals surface area contributed by atoms with Crippen LogP contribution in [0, 0.1) is 6.92 Å². The summed E-state index contributed by atoms with van der Waals surface area (Å²) < 4.78 is 6.38. The van der Waals surface area contributed by atoms with Gasteiger partial charge in [0, 0.05) is 17.0 Å². The molecule has 0 aliphatic carbocycles. The van der Waals surface area contributed by atoms with Crippen molar-refractivity contribution in [3.05, 3.63) is 70.6 Å². The van der Waals surface area contributed by atoms with Crippen molar-refractivity contribution in [3.8, 4) is 5.69 Å². The highest BCUT2D eigenvalue weighted by atomic mass is 35.5. The Bertz CT molecular complexity index is 1090. The Morgan fingerprint density at radius 3 is 2.69 bits per heavy atom. The van der Waals surface area contributed by atoms with Crippen LogP contribution in [0.4, 0.5) is 0 Å². The van der Waals surface area contributed by atoms with Gasteiger partial charge >= 0.3 is 5.97 Å². The molecule has 0 saturated carbocycles. The second-order valence-electron chi connectivity index (χ2n) is 7.07. The number of hydrogen-bond acceptors (Lipinski definition) is 6. The number of methoxy groups -OCH3 is 1. The normalized spacial score (nSPS) is 11.8. The molecule has 0 saturated heterocycles. The van der Waals surface area contributed by atoms with Crippen LogP contribution in [-0.4, -0.2) is 39.5 Å². The first kappa shape index (κ1) is 23.8. The number of thioether (sulfide) groups is 1. The van der Waals surface area contributed by atoms with E-state index in [9.17, 15) is 9.59 Å². The molecule has 1 atom stereocenters. The molecule has 7 nitrogen and oxygen atoms in total. The molecule has 168 valence electrons. The fourth-order valence-electron chi connectivity index (χ4n) is 3.19. The number of halogens is 1. The molecule has 0 fully saturated rings. The lowest BCUT2D eigenvalue weighted by atomic mass is 10.1. The van der Waals surface area contributed by atoms with Crippen molar-refractivity contribution in [2.45, 2.75) is 37.8 Å². The smallest absolute Gasteiger partial charge is 0.306 e. The fourth-order valence-corrected chi connectivity index (χ4v) is 4.15. The van der Waals surface area contributed by atoms with Crippen molar-refractivity contribution in [1.82, 2.24) is 20.1 Å². The fraction of sp³-hybridized carbons (Fsp3) is 0.304. The Morgan fingerprint density at radius 1 is 1.25 bits per heavy atom. The number of rotatable bonds is 9. The van der Waals surface area contributed by atoms with E-state index in [0.717, 1.165) is 22.0 Å². The molecule has 2 heterocycles. The third kappa shape index (κ3) is 5.89. The minimum atomic E-state index is -0.248. The first-order valence-corrected chi connectivity index (χ1v) is 11.6. The predicted octanol–water partition coefficient (Wildman–Crippen LogP) is 4.77. The molecular formula is C23H25ClN4O3S. The van der Waals surface area contributed by atoms with Gasteiger partial charge in [0.25, 0.3) is 5.91 Å². The number of hydrogen-bond donors (Lipinski definition) is 1. The van der Waals surface area contributed by atoms with Crippen LogP contribution in [0.2, 0.25) is 5.02 Å². The van der Waals surface area contributed by atoms with Crippen LogP contribution in [0.3, 0.4) is 0 Å². The van der Waals surface area contributed by atoms with Crippen LogP contribution in [0.5, 0.6) is 0 Å². The number of benzene rings is 1. The van der Waals surface area contributed by atoms with Crippen molar-refractivity contribution in [2.24, 2.45) is 0 Å². The topological polar surface area (TPSA) is 86.1 Å². The van der Waals surface area contributed by atoms with Crippen LogP contribution >= 0.6 is 23.4 Å². The summed E-state index contributed by atoms with van der Waals surface area (Å²) in [7, 11) is 1.38. The maximum Gasteiger partial charge on any atom is 0.306 e. The molecule has 3 aromatic rings. The number of amides is 1. The molecular weight excluding hydrogens is 448 g/mol. The molecule has 1 unspecified atom stereocenters. The summed E-state index contributed by atoms with van der Waals surface area (Å²) in [6, 6.07) is 10.9. The molecule has 1 amide bonds. The van der Waals surface area contributed by atoms with Crippen LogP contribution in [0.1, 0.15) is 47.4 Å². The third-order valence-electron chi connectivity index (χ3n) is 4.98. The molecule has 0 bridgehead atoms. The van der Waals surface area contributed by atoms with Gasteiger partial charge in [-0.25, -0.2) is 9.67 Å². The minimum Gasteiger partial charge on any atom is -0.469 e. The van der Waals surface area contributed by atoms with E-state index in [0.29, 0.717) is 29.2 Å². The number of nitrogens with one attached hydrogen (secondary N) is 1. The zero-order chi connectivity index (χ0) is 23.1. The van der Waals surface area contributed by atoms with Crippen molar-refractivity contribution in [2.75, 3.05) is 12.9 Å². The Hall–Kier alpha value is -2.84. The largest absolute Gasteiger partial charge is 0.469 e. The first-order chi connectivity index (χ1) is 15.4. The van der Waals surface area contributed by atoms with Crippen LogP contribution < -0.4 is 5.32 Å². The number of ether oxygens (including phenoxy) is 1. The van der Waals surface area contributed by atoms with Gasteiger partial charge in [-0.05, 0) is 55.3 Å². The number of aromatic nitrogens is 3. The van der Waals surface area contributed by atoms with Gasteiger partial charge in [-0.2, -0.15) is 5.10 Å². The van der Waals surface area contributed by atoms with Gasteiger partial charge in [-0.15, -0.1) is 11.8 Å². The van der Waals surface area contributed by atoms with E-state index >= 15 is 0 Å². The Balaban J connectivity index is 1.71. The van der Waals surface area contributed by atoms with E-state index in [2.05, 4.69) is 20.1 Å². The maximum absolute atomic E-state index is 13.0. The minimum absolute atomic E-state index is 0.177. The SMILES string of the molecule is CCC(NC(=O)c1cnn(-c2ccc(Cl)cc2)c1C)c1ccnc(SCCC(=O)OC)c1. The quantitative estimate of drug-likeness (QED) is 0.356. The van der Waals surface area contributed by atoms with E-state index in [1.54, 1.807) is 29.2 Å². The maximum atomic E-state index is 13.0. The highest BCUT2D eigenvalue weighted by molar-refractivity contribution is 7.99. The lowest BCUT2D eigenvalue weighted by Crippen LogP contribution is -2.28. The van der Waals surface area contributed by atoms with Gasteiger partial charge in [0.1, 0.15) is 0 Å². The first-order valence-electron chi connectivity index (χ1n) is 10.2. The zero-order valence-electron chi connectivity index (χ0n) is 18.2. The van der Waals surface area contributed by atoms with E-state index < -0.39 is 0 Å². The van der Waals surface area contributed by atoms with Crippen LogP contribution in [0.25, 0.3) is 5.69 Å². The zero-order valence-corrected chi connectivity index (χ0v) is 19.7. The van der Waals surface area contributed by atoms with Gasteiger partial charge < -0.3 is 10.1 Å². The highest BCUT2D eigenvalue weighted by Gasteiger charge is 2.19. The Morgan fingerprint density at radius 2 is 2.00 bits per heavy atom. The summed E-state index contributed by atoms with van der Waals surface area (Å²) in [5.74, 6) is 0.142. The van der Waals surface area contributed by atoms with Gasteiger partial charge in [0.15, 0.2) is 0 Å². The molecule has 3 rings (SSSR count). The number of carbonyl (C=O) groups excluding carboxylic acids is 2. The van der Waals surface area contributed by atoms with E-state index in [1.807, 2.05) is 38.1 Å². The summed E-state index contributed by atoms with van der Waals surface area (Å²) in [5.41, 5.74) is 3.05. The van der Waals surface area contributed by atoms with Gasteiger partial charge in [0.05, 0.1) is 47.7 Å². The van der Waals surface area contributed by atoms with Crippen molar-refractivity contribution < 1.29 is 14.3 Å².